The number of hydrogen-bond donors (Lipinski definition) is 1. The minimum atomic E-state index is -3.89. The van der Waals surface area contributed by atoms with Gasteiger partial charge >= 0.3 is 5.97 Å². The van der Waals surface area contributed by atoms with Crippen molar-refractivity contribution in [2.24, 2.45) is 0 Å². The average Bonchev–Trinajstić information content (AvgIpc) is 2.65. The molecule has 0 bridgehead atoms. The Bertz CT molecular complexity index is 670. The van der Waals surface area contributed by atoms with Crippen molar-refractivity contribution < 1.29 is 23.1 Å². The van der Waals surface area contributed by atoms with Crippen molar-refractivity contribution in [2.75, 3.05) is 19.4 Å². The number of aliphatic carboxylic acids is 1. The number of carbonyl (C=O) groups is 1. The highest BCUT2D eigenvalue weighted by Gasteiger charge is 2.46. The molecular weight excluding hydrogens is 338 g/mol. The zero-order valence-corrected chi connectivity index (χ0v) is 15.0. The van der Waals surface area contributed by atoms with E-state index in [2.05, 4.69) is 0 Å². The van der Waals surface area contributed by atoms with Crippen LogP contribution in [0.5, 0.6) is 5.75 Å². The van der Waals surface area contributed by atoms with Crippen molar-refractivity contribution in [2.45, 2.75) is 36.0 Å². The van der Waals surface area contributed by atoms with Crippen LogP contribution in [0.15, 0.2) is 29.2 Å². The lowest BCUT2D eigenvalue weighted by atomic mass is 10.0. The van der Waals surface area contributed by atoms with Crippen LogP contribution in [0, 0.1) is 0 Å². The predicted molar refractivity (Wildman–Crippen MR) is 89.5 cm³/mol. The maximum atomic E-state index is 13.0. The van der Waals surface area contributed by atoms with E-state index < -0.39 is 26.8 Å². The Kier molecular flexibility index (Phi) is 5.27. The molecule has 0 aromatic heterocycles. The van der Waals surface area contributed by atoms with E-state index in [0.29, 0.717) is 12.2 Å². The van der Waals surface area contributed by atoms with E-state index >= 15 is 0 Å². The first-order valence-electron chi connectivity index (χ1n) is 7.23. The molecule has 1 aliphatic rings. The fraction of sp³-hybridized carbons (Fsp3) is 0.533. The van der Waals surface area contributed by atoms with Gasteiger partial charge in [0, 0.05) is 11.3 Å². The van der Waals surface area contributed by atoms with Crippen LogP contribution in [-0.4, -0.2) is 54.0 Å². The third-order valence-electron chi connectivity index (χ3n) is 3.84. The van der Waals surface area contributed by atoms with Crippen molar-refractivity contribution in [3.63, 3.8) is 0 Å². The number of carboxylic acid groups (broad SMARTS) is 1. The summed E-state index contributed by atoms with van der Waals surface area (Å²) < 4.78 is 31.4. The van der Waals surface area contributed by atoms with Gasteiger partial charge in [-0.3, -0.25) is 4.79 Å². The number of sulfonamides is 1. The van der Waals surface area contributed by atoms with Crippen molar-refractivity contribution in [3.05, 3.63) is 24.3 Å². The Balaban J connectivity index is 2.47. The zero-order valence-electron chi connectivity index (χ0n) is 13.4. The van der Waals surface area contributed by atoms with Gasteiger partial charge in [-0.2, -0.15) is 16.1 Å². The van der Waals surface area contributed by atoms with Gasteiger partial charge in [0.2, 0.25) is 10.0 Å². The quantitative estimate of drug-likeness (QED) is 0.886. The first-order chi connectivity index (χ1) is 10.7. The Hall–Kier alpha value is -1.25. The van der Waals surface area contributed by atoms with Crippen molar-refractivity contribution in [3.8, 4) is 5.75 Å². The maximum absolute atomic E-state index is 13.0. The molecule has 1 aromatic carbocycles. The number of rotatable bonds is 4. The second-order valence-corrected chi connectivity index (χ2v) is 9.48. The summed E-state index contributed by atoms with van der Waals surface area (Å²) in [6.07, 6.45) is 0.618. The second kappa shape index (κ2) is 6.70. The SMILES string of the molecule is COc1ccc(S(=O)(=O)N2CCCSC(C)(C)[C@@H]2C(=O)O)cc1. The highest BCUT2D eigenvalue weighted by atomic mass is 32.2. The summed E-state index contributed by atoms with van der Waals surface area (Å²) in [5.74, 6) is 0.151. The third-order valence-corrected chi connectivity index (χ3v) is 7.18. The van der Waals surface area contributed by atoms with Gasteiger partial charge in [-0.25, -0.2) is 8.42 Å². The van der Waals surface area contributed by atoms with E-state index in [-0.39, 0.29) is 11.4 Å². The summed E-state index contributed by atoms with van der Waals surface area (Å²) >= 11 is 1.49. The van der Waals surface area contributed by atoms with E-state index in [1.165, 1.54) is 31.0 Å². The van der Waals surface area contributed by atoms with Gasteiger partial charge in [0.1, 0.15) is 11.8 Å². The molecule has 1 fully saturated rings. The molecule has 8 heteroatoms. The molecule has 1 heterocycles. The number of carboxylic acids is 1. The summed E-state index contributed by atoms with van der Waals surface area (Å²) in [6, 6.07) is 4.89. The van der Waals surface area contributed by atoms with Crippen LogP contribution in [0.3, 0.4) is 0 Å². The predicted octanol–water partition coefficient (Wildman–Crippen LogP) is 2.05. The molecule has 0 aliphatic carbocycles. The first kappa shape index (κ1) is 18.1. The molecule has 0 spiro atoms. The number of methoxy groups -OCH3 is 1. The van der Waals surface area contributed by atoms with Crippen LogP contribution < -0.4 is 4.74 Å². The molecule has 2 rings (SSSR count). The number of ether oxygens (including phenoxy) is 1. The smallest absolute Gasteiger partial charge is 0.323 e. The van der Waals surface area contributed by atoms with Crippen molar-refractivity contribution in [1.82, 2.24) is 4.31 Å². The lowest BCUT2D eigenvalue weighted by Gasteiger charge is -2.35. The molecule has 0 unspecified atom stereocenters. The van der Waals surface area contributed by atoms with Crippen molar-refractivity contribution in [1.29, 1.82) is 0 Å². The number of hydrogen-bond acceptors (Lipinski definition) is 5. The standard InChI is InChI=1S/C15H21NO5S2/c1-15(2)13(14(17)18)16(9-4-10-22-15)23(19,20)12-7-5-11(21-3)6-8-12/h5-8,13H,4,9-10H2,1-3H3,(H,17,18)/t13-/m0/s1. The van der Waals surface area contributed by atoms with Gasteiger partial charge in [0.15, 0.2) is 0 Å². The maximum Gasteiger partial charge on any atom is 0.323 e. The highest BCUT2D eigenvalue weighted by Crippen LogP contribution is 2.37. The molecule has 0 saturated carbocycles. The number of benzene rings is 1. The van der Waals surface area contributed by atoms with Crippen LogP contribution in [0.4, 0.5) is 0 Å². The Morgan fingerprint density at radius 2 is 1.96 bits per heavy atom. The van der Waals surface area contributed by atoms with Gasteiger partial charge in [-0.15, -0.1) is 0 Å². The minimum Gasteiger partial charge on any atom is -0.497 e. The van der Waals surface area contributed by atoms with E-state index in [4.69, 9.17) is 4.74 Å². The monoisotopic (exact) mass is 359 g/mol. The Morgan fingerprint density at radius 3 is 2.48 bits per heavy atom. The van der Waals surface area contributed by atoms with Crippen LogP contribution in [0.25, 0.3) is 0 Å². The van der Waals surface area contributed by atoms with Crippen LogP contribution in [0.2, 0.25) is 0 Å². The van der Waals surface area contributed by atoms with Crippen molar-refractivity contribution >= 4 is 27.8 Å². The third kappa shape index (κ3) is 3.64. The minimum absolute atomic E-state index is 0.0762. The summed E-state index contributed by atoms with van der Waals surface area (Å²) in [7, 11) is -2.39. The van der Waals surface area contributed by atoms with Gasteiger partial charge < -0.3 is 9.84 Å². The molecule has 23 heavy (non-hydrogen) atoms. The van der Waals surface area contributed by atoms with E-state index in [1.54, 1.807) is 26.0 Å². The van der Waals surface area contributed by atoms with Gasteiger partial charge in [0.25, 0.3) is 0 Å². The van der Waals surface area contributed by atoms with E-state index in [1.807, 2.05) is 0 Å². The fourth-order valence-electron chi connectivity index (χ4n) is 2.67. The Morgan fingerprint density at radius 1 is 1.35 bits per heavy atom. The summed E-state index contributed by atoms with van der Waals surface area (Å²) in [6.45, 7) is 3.75. The first-order valence-corrected chi connectivity index (χ1v) is 9.65. The van der Waals surface area contributed by atoms with Crippen LogP contribution >= 0.6 is 11.8 Å². The van der Waals surface area contributed by atoms with Gasteiger partial charge in [0.05, 0.1) is 12.0 Å². The summed E-state index contributed by atoms with van der Waals surface area (Å²) in [5, 5.41) is 9.62. The molecule has 1 saturated heterocycles. The second-order valence-electron chi connectivity index (χ2n) is 5.84. The lowest BCUT2D eigenvalue weighted by Crippen LogP contribution is -2.54. The topological polar surface area (TPSA) is 83.9 Å². The van der Waals surface area contributed by atoms with E-state index in [9.17, 15) is 18.3 Å². The molecule has 1 aromatic rings. The summed E-state index contributed by atoms with van der Waals surface area (Å²) in [5.41, 5.74) is 0. The zero-order chi connectivity index (χ0) is 17.3. The molecule has 128 valence electrons. The Labute approximate surface area is 140 Å². The lowest BCUT2D eigenvalue weighted by molar-refractivity contribution is -0.142. The molecule has 0 radical (unpaired) electrons. The number of thioether (sulfide) groups is 1. The molecule has 6 nitrogen and oxygen atoms in total. The molecule has 1 N–H and O–H groups in total. The van der Waals surface area contributed by atoms with Gasteiger partial charge in [-0.1, -0.05) is 0 Å². The molecular formula is C15H21NO5S2. The molecule has 0 amide bonds. The summed E-state index contributed by atoms with van der Waals surface area (Å²) in [4.78, 5) is 11.8. The number of nitrogens with zero attached hydrogens (tertiary/aromatic N) is 1. The van der Waals surface area contributed by atoms with Crippen LogP contribution in [0.1, 0.15) is 20.3 Å². The van der Waals surface area contributed by atoms with Gasteiger partial charge in [-0.05, 0) is 50.3 Å². The fourth-order valence-corrected chi connectivity index (χ4v) is 5.68. The van der Waals surface area contributed by atoms with Crippen LogP contribution in [-0.2, 0) is 14.8 Å². The average molecular weight is 359 g/mol. The molecule has 1 atom stereocenters. The van der Waals surface area contributed by atoms with E-state index in [0.717, 1.165) is 10.1 Å². The molecule has 1 aliphatic heterocycles. The normalized spacial score (nSPS) is 22.3. The highest BCUT2D eigenvalue weighted by molar-refractivity contribution is 8.00. The largest absolute Gasteiger partial charge is 0.497 e.